The molecule has 0 fully saturated rings. The second-order valence-electron chi connectivity index (χ2n) is 4.30. The SMILES string of the molecule is CCCNc1nc2c(F)ccc([N+](=O)[O-])c2cc1C. The Hall–Kier alpha value is -2.24. The molecule has 0 saturated carbocycles. The lowest BCUT2D eigenvalue weighted by atomic mass is 10.1. The van der Waals surface area contributed by atoms with Gasteiger partial charge in [0, 0.05) is 12.6 Å². The first-order valence-electron chi connectivity index (χ1n) is 6.02. The minimum atomic E-state index is -0.555. The Balaban J connectivity index is 2.65. The normalized spacial score (nSPS) is 10.7. The number of nitro groups is 1. The van der Waals surface area contributed by atoms with Gasteiger partial charge in [0.25, 0.3) is 5.69 Å². The summed E-state index contributed by atoms with van der Waals surface area (Å²) in [5.41, 5.74) is 0.655. The highest BCUT2D eigenvalue weighted by Gasteiger charge is 2.17. The fraction of sp³-hybridized carbons (Fsp3) is 0.308. The largest absolute Gasteiger partial charge is 0.370 e. The Kier molecular flexibility index (Phi) is 3.59. The van der Waals surface area contributed by atoms with Gasteiger partial charge in [0.05, 0.1) is 10.3 Å². The van der Waals surface area contributed by atoms with E-state index in [1.807, 2.05) is 6.92 Å². The number of non-ortho nitro benzene ring substituents is 1. The molecule has 0 bridgehead atoms. The maximum Gasteiger partial charge on any atom is 0.278 e. The monoisotopic (exact) mass is 263 g/mol. The first kappa shape index (κ1) is 13.2. The molecule has 0 amide bonds. The summed E-state index contributed by atoms with van der Waals surface area (Å²) < 4.78 is 13.8. The number of hydrogen-bond acceptors (Lipinski definition) is 4. The molecule has 2 aromatic rings. The Morgan fingerprint density at radius 2 is 2.21 bits per heavy atom. The van der Waals surface area contributed by atoms with Gasteiger partial charge in [0.15, 0.2) is 0 Å². The van der Waals surface area contributed by atoms with Crippen LogP contribution in [-0.2, 0) is 0 Å². The minimum absolute atomic E-state index is 0.0263. The summed E-state index contributed by atoms with van der Waals surface area (Å²) in [6.07, 6.45) is 0.913. The molecule has 0 aliphatic rings. The summed E-state index contributed by atoms with van der Waals surface area (Å²) >= 11 is 0. The minimum Gasteiger partial charge on any atom is -0.370 e. The van der Waals surface area contributed by atoms with Crippen molar-refractivity contribution in [3.8, 4) is 0 Å². The standard InChI is InChI=1S/C13H14FN3O2/c1-3-6-15-13-8(2)7-9-11(17(18)19)5-4-10(14)12(9)16-13/h4-5,7H,3,6H2,1-2H3,(H,15,16). The number of halogens is 1. The van der Waals surface area contributed by atoms with E-state index in [-0.39, 0.29) is 16.6 Å². The van der Waals surface area contributed by atoms with Crippen LogP contribution in [0.1, 0.15) is 18.9 Å². The van der Waals surface area contributed by atoms with Crippen LogP contribution in [0.3, 0.4) is 0 Å². The van der Waals surface area contributed by atoms with Crippen molar-refractivity contribution in [2.24, 2.45) is 0 Å². The van der Waals surface area contributed by atoms with E-state index in [1.165, 1.54) is 0 Å². The van der Waals surface area contributed by atoms with Gasteiger partial charge < -0.3 is 5.32 Å². The lowest BCUT2D eigenvalue weighted by Gasteiger charge is -2.09. The number of pyridine rings is 1. The summed E-state index contributed by atoms with van der Waals surface area (Å²) in [5.74, 6) is 0.00824. The maximum absolute atomic E-state index is 13.8. The fourth-order valence-electron chi connectivity index (χ4n) is 1.89. The molecular weight excluding hydrogens is 249 g/mol. The second kappa shape index (κ2) is 5.17. The quantitative estimate of drug-likeness (QED) is 0.678. The van der Waals surface area contributed by atoms with Gasteiger partial charge in [-0.2, -0.15) is 0 Å². The Morgan fingerprint density at radius 3 is 2.84 bits per heavy atom. The molecule has 0 saturated heterocycles. The Bertz CT molecular complexity index is 643. The molecule has 0 radical (unpaired) electrons. The highest BCUT2D eigenvalue weighted by atomic mass is 19.1. The van der Waals surface area contributed by atoms with E-state index in [0.29, 0.717) is 5.82 Å². The van der Waals surface area contributed by atoms with Crippen molar-refractivity contribution < 1.29 is 9.31 Å². The molecular formula is C13H14FN3O2. The zero-order chi connectivity index (χ0) is 14.0. The van der Waals surface area contributed by atoms with Crippen molar-refractivity contribution in [3.63, 3.8) is 0 Å². The van der Waals surface area contributed by atoms with E-state index in [4.69, 9.17) is 0 Å². The summed E-state index contributed by atoms with van der Waals surface area (Å²) in [6.45, 7) is 4.52. The van der Waals surface area contributed by atoms with Crippen LogP contribution >= 0.6 is 0 Å². The van der Waals surface area contributed by atoms with E-state index in [2.05, 4.69) is 10.3 Å². The summed E-state index contributed by atoms with van der Waals surface area (Å²) in [7, 11) is 0. The zero-order valence-corrected chi connectivity index (χ0v) is 10.7. The van der Waals surface area contributed by atoms with Crippen LogP contribution in [-0.4, -0.2) is 16.5 Å². The predicted octanol–water partition coefficient (Wildman–Crippen LogP) is 3.41. The molecule has 0 unspecified atom stereocenters. The van der Waals surface area contributed by atoms with Gasteiger partial charge >= 0.3 is 0 Å². The third-order valence-corrected chi connectivity index (χ3v) is 2.84. The molecule has 1 aromatic heterocycles. The molecule has 0 aliphatic heterocycles. The number of nitrogens with one attached hydrogen (secondary N) is 1. The van der Waals surface area contributed by atoms with Crippen LogP contribution in [0.25, 0.3) is 10.9 Å². The van der Waals surface area contributed by atoms with Crippen LogP contribution < -0.4 is 5.32 Å². The van der Waals surface area contributed by atoms with Gasteiger partial charge in [-0.05, 0) is 31.0 Å². The number of hydrogen-bond donors (Lipinski definition) is 1. The third kappa shape index (κ3) is 2.47. The summed E-state index contributed by atoms with van der Waals surface area (Å²) in [5, 5.41) is 14.2. The summed E-state index contributed by atoms with van der Waals surface area (Å²) in [4.78, 5) is 14.6. The molecule has 1 heterocycles. The van der Waals surface area contributed by atoms with Gasteiger partial charge in [-0.15, -0.1) is 0 Å². The van der Waals surface area contributed by atoms with E-state index in [1.54, 1.807) is 13.0 Å². The average Bonchev–Trinajstić information content (AvgIpc) is 2.36. The molecule has 1 aromatic carbocycles. The van der Waals surface area contributed by atoms with Crippen molar-refractivity contribution in [1.82, 2.24) is 4.98 Å². The molecule has 6 heteroatoms. The van der Waals surface area contributed by atoms with Crippen molar-refractivity contribution in [1.29, 1.82) is 0 Å². The smallest absolute Gasteiger partial charge is 0.278 e. The predicted molar refractivity (Wildman–Crippen MR) is 71.9 cm³/mol. The number of aryl methyl sites for hydroxylation is 1. The number of fused-ring (bicyclic) bond motifs is 1. The van der Waals surface area contributed by atoms with E-state index < -0.39 is 10.7 Å². The van der Waals surface area contributed by atoms with Crippen molar-refractivity contribution in [3.05, 3.63) is 39.7 Å². The van der Waals surface area contributed by atoms with Crippen LogP contribution in [0.15, 0.2) is 18.2 Å². The van der Waals surface area contributed by atoms with Gasteiger partial charge in [-0.3, -0.25) is 10.1 Å². The number of benzene rings is 1. The van der Waals surface area contributed by atoms with Gasteiger partial charge in [0.1, 0.15) is 17.2 Å². The van der Waals surface area contributed by atoms with Gasteiger partial charge in [-0.1, -0.05) is 6.92 Å². The van der Waals surface area contributed by atoms with Gasteiger partial charge in [-0.25, -0.2) is 9.37 Å². The Labute approximate surface area is 109 Å². The number of anilines is 1. The maximum atomic E-state index is 13.8. The number of nitrogens with zero attached hydrogens (tertiary/aromatic N) is 2. The lowest BCUT2D eigenvalue weighted by molar-refractivity contribution is -0.383. The van der Waals surface area contributed by atoms with E-state index in [0.717, 1.165) is 30.7 Å². The van der Waals surface area contributed by atoms with Crippen LogP contribution in [0.2, 0.25) is 0 Å². The van der Waals surface area contributed by atoms with Crippen molar-refractivity contribution in [2.45, 2.75) is 20.3 Å². The zero-order valence-electron chi connectivity index (χ0n) is 10.7. The summed E-state index contributed by atoms with van der Waals surface area (Å²) in [6, 6.07) is 3.84. The molecule has 0 spiro atoms. The molecule has 0 aliphatic carbocycles. The molecule has 5 nitrogen and oxygen atoms in total. The van der Waals surface area contributed by atoms with E-state index >= 15 is 0 Å². The number of rotatable bonds is 4. The van der Waals surface area contributed by atoms with Gasteiger partial charge in [0.2, 0.25) is 0 Å². The van der Waals surface area contributed by atoms with E-state index in [9.17, 15) is 14.5 Å². The van der Waals surface area contributed by atoms with Crippen LogP contribution in [0.4, 0.5) is 15.9 Å². The molecule has 0 atom stereocenters. The highest BCUT2D eigenvalue weighted by molar-refractivity contribution is 5.90. The molecule has 1 N–H and O–H groups in total. The lowest BCUT2D eigenvalue weighted by Crippen LogP contribution is -2.05. The Morgan fingerprint density at radius 1 is 1.47 bits per heavy atom. The molecule has 2 rings (SSSR count). The van der Waals surface area contributed by atoms with Crippen LogP contribution in [0.5, 0.6) is 0 Å². The number of nitro benzene ring substituents is 1. The van der Waals surface area contributed by atoms with Crippen LogP contribution in [0, 0.1) is 22.9 Å². The first-order valence-corrected chi connectivity index (χ1v) is 6.02. The fourth-order valence-corrected chi connectivity index (χ4v) is 1.89. The highest BCUT2D eigenvalue weighted by Crippen LogP contribution is 2.29. The first-order chi connectivity index (χ1) is 9.04. The van der Waals surface area contributed by atoms with Crippen molar-refractivity contribution in [2.75, 3.05) is 11.9 Å². The molecule has 19 heavy (non-hydrogen) atoms. The third-order valence-electron chi connectivity index (χ3n) is 2.84. The topological polar surface area (TPSA) is 68.1 Å². The second-order valence-corrected chi connectivity index (χ2v) is 4.30. The average molecular weight is 263 g/mol. The number of aromatic nitrogens is 1. The molecule has 100 valence electrons. The van der Waals surface area contributed by atoms with Crippen molar-refractivity contribution >= 4 is 22.4 Å².